The molecule has 1 aromatic heterocycles. The Kier molecular flexibility index (Phi) is 4.38. The fourth-order valence-electron chi connectivity index (χ4n) is 2.91. The van der Waals surface area contributed by atoms with Gasteiger partial charge in [-0.15, -0.1) is 0 Å². The fraction of sp³-hybridized carbons (Fsp3) is 0.353. The number of amides is 1. The Bertz CT molecular complexity index is 949. The summed E-state index contributed by atoms with van der Waals surface area (Å²) in [7, 11) is -3.19. The van der Waals surface area contributed by atoms with E-state index in [-0.39, 0.29) is 28.6 Å². The average molecular weight is 387 g/mol. The van der Waals surface area contributed by atoms with Gasteiger partial charge in [-0.3, -0.25) is 4.79 Å². The van der Waals surface area contributed by atoms with Gasteiger partial charge in [0.15, 0.2) is 15.6 Å². The number of carbonyl (C=O) groups is 1. The van der Waals surface area contributed by atoms with Gasteiger partial charge >= 0.3 is 6.18 Å². The summed E-state index contributed by atoms with van der Waals surface area (Å²) in [5.74, 6) is -0.749. The Morgan fingerprint density at radius 3 is 2.58 bits per heavy atom. The van der Waals surface area contributed by atoms with Crippen molar-refractivity contribution < 1.29 is 30.8 Å². The molecular weight excluding hydrogens is 371 g/mol. The molecule has 140 valence electrons. The van der Waals surface area contributed by atoms with Crippen LogP contribution >= 0.6 is 0 Å². The van der Waals surface area contributed by atoms with Gasteiger partial charge in [-0.2, -0.15) is 13.2 Å². The average Bonchev–Trinajstić information content (AvgIpc) is 3.11. The molecule has 5 nitrogen and oxygen atoms in total. The van der Waals surface area contributed by atoms with Crippen LogP contribution in [0.4, 0.5) is 13.2 Å². The van der Waals surface area contributed by atoms with E-state index in [1.807, 2.05) is 0 Å². The largest absolute Gasteiger partial charge is 0.451 e. The summed E-state index contributed by atoms with van der Waals surface area (Å²) in [5, 5.41) is 2.64. The molecular formula is C17H16F3NO4S. The number of nitrogens with one attached hydrogen (secondary N) is 1. The fourth-order valence-corrected chi connectivity index (χ4v) is 5.00. The van der Waals surface area contributed by atoms with Gasteiger partial charge in [0.1, 0.15) is 5.76 Å². The maximum atomic E-state index is 12.8. The molecule has 1 aromatic carbocycles. The zero-order valence-corrected chi connectivity index (χ0v) is 14.6. The number of benzene rings is 1. The molecule has 26 heavy (non-hydrogen) atoms. The van der Waals surface area contributed by atoms with E-state index >= 15 is 0 Å². The van der Waals surface area contributed by atoms with Gasteiger partial charge in [0.25, 0.3) is 5.91 Å². The number of halogens is 3. The van der Waals surface area contributed by atoms with Crippen molar-refractivity contribution in [2.45, 2.75) is 25.1 Å². The van der Waals surface area contributed by atoms with Crippen molar-refractivity contribution in [2.75, 3.05) is 11.5 Å². The molecule has 3 rings (SSSR count). The molecule has 2 aromatic rings. The number of carbonyl (C=O) groups excluding carboxylic acids is 1. The predicted octanol–water partition coefficient (Wildman–Crippen LogP) is 3.27. The molecule has 0 aliphatic carbocycles. The van der Waals surface area contributed by atoms with Crippen LogP contribution in [0.5, 0.6) is 0 Å². The molecule has 1 amide bonds. The van der Waals surface area contributed by atoms with Crippen LogP contribution < -0.4 is 5.32 Å². The van der Waals surface area contributed by atoms with Crippen molar-refractivity contribution >= 4 is 15.7 Å². The first-order valence-electron chi connectivity index (χ1n) is 7.78. The second-order valence-electron chi connectivity index (χ2n) is 6.60. The molecule has 9 heteroatoms. The highest BCUT2D eigenvalue weighted by Crippen LogP contribution is 2.33. The molecule has 2 heterocycles. The number of hydrogen-bond acceptors (Lipinski definition) is 4. The number of sulfone groups is 1. The van der Waals surface area contributed by atoms with Crippen LogP contribution in [0, 0.1) is 0 Å². The molecule has 1 fully saturated rings. The van der Waals surface area contributed by atoms with Crippen molar-refractivity contribution in [2.24, 2.45) is 0 Å². The van der Waals surface area contributed by atoms with Gasteiger partial charge in [0, 0.05) is 5.56 Å². The van der Waals surface area contributed by atoms with Crippen molar-refractivity contribution in [3.05, 3.63) is 47.7 Å². The molecule has 0 unspecified atom stereocenters. The van der Waals surface area contributed by atoms with Crippen molar-refractivity contribution in [3.63, 3.8) is 0 Å². The summed E-state index contributed by atoms with van der Waals surface area (Å²) in [6.07, 6.45) is -4.19. The zero-order valence-electron chi connectivity index (χ0n) is 13.8. The Balaban J connectivity index is 1.79. The highest BCUT2D eigenvalue weighted by Gasteiger charge is 2.40. The van der Waals surface area contributed by atoms with E-state index in [0.717, 1.165) is 12.1 Å². The topological polar surface area (TPSA) is 76.4 Å². The highest BCUT2D eigenvalue weighted by molar-refractivity contribution is 7.91. The predicted molar refractivity (Wildman–Crippen MR) is 88.3 cm³/mol. The molecule has 0 bridgehead atoms. The third kappa shape index (κ3) is 3.92. The van der Waals surface area contributed by atoms with Crippen LogP contribution in [-0.4, -0.2) is 31.4 Å². The maximum Gasteiger partial charge on any atom is 0.416 e. The first-order valence-corrected chi connectivity index (χ1v) is 9.60. The van der Waals surface area contributed by atoms with Crippen molar-refractivity contribution in [3.8, 4) is 11.3 Å². The lowest BCUT2D eigenvalue weighted by atomic mass is 10.0. The smallest absolute Gasteiger partial charge is 0.416 e. The van der Waals surface area contributed by atoms with Gasteiger partial charge in [-0.1, -0.05) is 12.1 Å². The minimum absolute atomic E-state index is 0.00256. The lowest BCUT2D eigenvalue weighted by Crippen LogP contribution is -2.46. The molecule has 1 aliphatic heterocycles. The summed E-state index contributed by atoms with van der Waals surface area (Å²) < 4.78 is 67.0. The summed E-state index contributed by atoms with van der Waals surface area (Å²) in [6, 6.07) is 7.33. The highest BCUT2D eigenvalue weighted by atomic mass is 32.2. The molecule has 1 saturated heterocycles. The Labute approximate surface area is 148 Å². The van der Waals surface area contributed by atoms with Gasteiger partial charge in [-0.25, -0.2) is 8.42 Å². The summed E-state index contributed by atoms with van der Waals surface area (Å²) in [4.78, 5) is 12.3. The maximum absolute atomic E-state index is 12.8. The van der Waals surface area contributed by atoms with Crippen LogP contribution in [0.25, 0.3) is 11.3 Å². The van der Waals surface area contributed by atoms with Gasteiger partial charge in [0.05, 0.1) is 22.6 Å². The first kappa shape index (κ1) is 18.5. The SMILES string of the molecule is C[C@@]1(NC(=O)c2ccc(-c3cccc(C(F)(F)F)c3)o2)CCS(=O)(=O)C1. The Morgan fingerprint density at radius 1 is 1.23 bits per heavy atom. The van der Waals surface area contributed by atoms with E-state index in [4.69, 9.17) is 4.42 Å². The van der Waals surface area contributed by atoms with Gasteiger partial charge < -0.3 is 9.73 Å². The minimum atomic E-state index is -4.48. The lowest BCUT2D eigenvalue weighted by Gasteiger charge is -2.23. The lowest BCUT2D eigenvalue weighted by molar-refractivity contribution is -0.137. The molecule has 0 saturated carbocycles. The quantitative estimate of drug-likeness (QED) is 0.877. The van der Waals surface area contributed by atoms with Crippen molar-refractivity contribution in [1.29, 1.82) is 0 Å². The second kappa shape index (κ2) is 6.15. The third-order valence-corrected chi connectivity index (χ3v) is 6.13. The summed E-state index contributed by atoms with van der Waals surface area (Å²) in [6.45, 7) is 1.63. The summed E-state index contributed by atoms with van der Waals surface area (Å²) in [5.41, 5.74) is -1.52. The molecule has 1 atom stereocenters. The second-order valence-corrected chi connectivity index (χ2v) is 8.78. The standard InChI is InChI=1S/C17H16F3NO4S/c1-16(7-8-26(23,24)10-16)21-15(22)14-6-5-13(25-14)11-3-2-4-12(9-11)17(18,19)20/h2-6,9H,7-8,10H2,1H3,(H,21,22)/t16-/m1/s1. The number of rotatable bonds is 3. The molecule has 0 radical (unpaired) electrons. The van der Waals surface area contributed by atoms with Crippen molar-refractivity contribution in [1.82, 2.24) is 5.32 Å². The van der Waals surface area contributed by atoms with E-state index in [1.54, 1.807) is 6.92 Å². The number of hydrogen-bond donors (Lipinski definition) is 1. The van der Waals surface area contributed by atoms with Crippen LogP contribution in [-0.2, 0) is 16.0 Å². The minimum Gasteiger partial charge on any atom is -0.451 e. The monoisotopic (exact) mass is 387 g/mol. The Morgan fingerprint density at radius 2 is 1.96 bits per heavy atom. The first-order chi connectivity index (χ1) is 12.0. The van der Waals surface area contributed by atoms with Gasteiger partial charge in [-0.05, 0) is 37.6 Å². The zero-order chi connectivity index (χ0) is 19.2. The number of alkyl halides is 3. The van der Waals surface area contributed by atoms with E-state index in [0.29, 0.717) is 6.42 Å². The van der Waals surface area contributed by atoms with Gasteiger partial charge in [0.2, 0.25) is 0 Å². The van der Waals surface area contributed by atoms with Crippen LogP contribution in [0.2, 0.25) is 0 Å². The van der Waals surface area contributed by atoms with Crippen LogP contribution in [0.3, 0.4) is 0 Å². The molecule has 0 spiro atoms. The summed E-state index contributed by atoms with van der Waals surface area (Å²) >= 11 is 0. The van der Waals surface area contributed by atoms with E-state index in [1.165, 1.54) is 24.3 Å². The van der Waals surface area contributed by atoms with E-state index in [9.17, 15) is 26.4 Å². The Hall–Kier alpha value is -2.29. The molecule has 1 N–H and O–H groups in total. The molecule has 1 aliphatic rings. The van der Waals surface area contributed by atoms with E-state index in [2.05, 4.69) is 5.32 Å². The third-order valence-electron chi connectivity index (χ3n) is 4.22. The number of furan rings is 1. The van der Waals surface area contributed by atoms with Crippen LogP contribution in [0.1, 0.15) is 29.5 Å². The normalized spacial score (nSPS) is 22.3. The van der Waals surface area contributed by atoms with Crippen LogP contribution in [0.15, 0.2) is 40.8 Å². The van der Waals surface area contributed by atoms with E-state index < -0.39 is 33.0 Å².